The van der Waals surface area contributed by atoms with Gasteiger partial charge < -0.3 is 14.8 Å². The van der Waals surface area contributed by atoms with Crippen LogP contribution >= 0.6 is 0 Å². The van der Waals surface area contributed by atoms with Crippen molar-refractivity contribution in [3.63, 3.8) is 0 Å². The molecule has 0 amide bonds. The number of anilines is 2. The molecular weight excluding hydrogens is 375 g/mol. The second-order valence-corrected chi connectivity index (χ2v) is 7.28. The van der Waals surface area contributed by atoms with Crippen LogP contribution in [-0.2, 0) is 10.0 Å². The van der Waals surface area contributed by atoms with Gasteiger partial charge in [0, 0.05) is 17.1 Å². The lowest BCUT2D eigenvalue weighted by Gasteiger charge is -2.13. The Balaban J connectivity index is 2.08. The number of sulfonamides is 1. The molecule has 10 heteroatoms. The Labute approximate surface area is 155 Å². The van der Waals surface area contributed by atoms with E-state index in [0.717, 1.165) is 6.07 Å². The fraction of sp³-hybridized carbons (Fsp3) is 0.176. The molecule has 0 aliphatic heterocycles. The number of nitrogens with one attached hydrogen (secondary N) is 2. The van der Waals surface area contributed by atoms with E-state index in [0.29, 0.717) is 33.9 Å². The summed E-state index contributed by atoms with van der Waals surface area (Å²) in [5.74, 6) is 0.549. The summed E-state index contributed by atoms with van der Waals surface area (Å²) in [6.45, 7) is 0. The van der Waals surface area contributed by atoms with Crippen LogP contribution in [0.15, 0.2) is 41.6 Å². The summed E-state index contributed by atoms with van der Waals surface area (Å²) < 4.78 is 50.5. The van der Waals surface area contributed by atoms with Gasteiger partial charge in [0.2, 0.25) is 10.0 Å². The number of hydrogen-bond acceptors (Lipinski definition) is 7. The van der Waals surface area contributed by atoms with Crippen LogP contribution in [0.2, 0.25) is 0 Å². The highest BCUT2D eigenvalue weighted by Gasteiger charge is 2.18. The number of aromatic nitrogens is 2. The first-order chi connectivity index (χ1) is 12.9. The van der Waals surface area contributed by atoms with E-state index in [-0.39, 0.29) is 0 Å². The fourth-order valence-corrected chi connectivity index (χ4v) is 3.34. The molecule has 3 aromatic rings. The Morgan fingerprint density at radius 1 is 1.04 bits per heavy atom. The van der Waals surface area contributed by atoms with Gasteiger partial charge in [-0.25, -0.2) is 27.5 Å². The van der Waals surface area contributed by atoms with E-state index in [9.17, 15) is 12.8 Å². The number of rotatable bonds is 6. The molecule has 0 saturated heterocycles. The lowest BCUT2D eigenvalue weighted by molar-refractivity contribution is 0.356. The first-order valence-corrected chi connectivity index (χ1v) is 9.24. The van der Waals surface area contributed by atoms with E-state index in [1.165, 1.54) is 39.7 Å². The standard InChI is InChI=1S/C17H17FN4O4S/c1-19-27(23,24)16-6-10(4-5-12(16)18)22-17-11-7-14(25-2)15(26-3)8-13(11)20-9-21-17/h4-9,19H,1-3H3,(H,20,21,22). The first kappa shape index (κ1) is 18.8. The number of fused-ring (bicyclic) bond motifs is 1. The summed E-state index contributed by atoms with van der Waals surface area (Å²) in [6.07, 6.45) is 1.35. The maximum atomic E-state index is 13.9. The number of nitrogens with zero attached hydrogens (tertiary/aromatic N) is 2. The predicted octanol–water partition coefficient (Wildman–Crippen LogP) is 2.44. The van der Waals surface area contributed by atoms with Crippen LogP contribution in [0.25, 0.3) is 10.9 Å². The van der Waals surface area contributed by atoms with Crippen molar-refractivity contribution in [1.82, 2.24) is 14.7 Å². The summed E-state index contributed by atoms with van der Waals surface area (Å²) in [5, 5.41) is 3.62. The van der Waals surface area contributed by atoms with Crippen LogP contribution in [0.1, 0.15) is 0 Å². The zero-order chi connectivity index (χ0) is 19.6. The Morgan fingerprint density at radius 3 is 2.41 bits per heavy atom. The second-order valence-electron chi connectivity index (χ2n) is 5.42. The molecule has 0 aliphatic carbocycles. The van der Waals surface area contributed by atoms with Crippen molar-refractivity contribution in [1.29, 1.82) is 0 Å². The molecule has 0 atom stereocenters. The summed E-state index contributed by atoms with van der Waals surface area (Å²) in [4.78, 5) is 7.92. The first-order valence-electron chi connectivity index (χ1n) is 7.76. The molecule has 0 fully saturated rings. The summed E-state index contributed by atoms with van der Waals surface area (Å²) >= 11 is 0. The normalized spacial score (nSPS) is 11.4. The second kappa shape index (κ2) is 7.33. The predicted molar refractivity (Wildman–Crippen MR) is 98.6 cm³/mol. The molecule has 0 bridgehead atoms. The molecule has 1 aromatic heterocycles. The van der Waals surface area contributed by atoms with Crippen molar-refractivity contribution < 1.29 is 22.3 Å². The third-order valence-corrected chi connectivity index (χ3v) is 5.32. The Kier molecular flexibility index (Phi) is 5.10. The minimum absolute atomic E-state index is 0.347. The molecular formula is C17H17FN4O4S. The fourth-order valence-electron chi connectivity index (χ4n) is 2.52. The molecule has 3 rings (SSSR count). The molecule has 142 valence electrons. The van der Waals surface area contributed by atoms with Gasteiger partial charge in [0.15, 0.2) is 11.5 Å². The molecule has 2 aromatic carbocycles. The van der Waals surface area contributed by atoms with Gasteiger partial charge in [-0.05, 0) is 31.3 Å². The highest BCUT2D eigenvalue weighted by atomic mass is 32.2. The van der Waals surface area contributed by atoms with Crippen LogP contribution in [-0.4, -0.2) is 39.7 Å². The largest absolute Gasteiger partial charge is 0.493 e. The topological polar surface area (TPSA) is 102 Å². The number of halogens is 1. The van der Waals surface area contributed by atoms with Crippen molar-refractivity contribution >= 4 is 32.4 Å². The molecule has 2 N–H and O–H groups in total. The third-order valence-electron chi connectivity index (χ3n) is 3.89. The molecule has 27 heavy (non-hydrogen) atoms. The van der Waals surface area contributed by atoms with Crippen LogP contribution in [0, 0.1) is 5.82 Å². The van der Waals surface area contributed by atoms with E-state index in [1.54, 1.807) is 12.1 Å². The van der Waals surface area contributed by atoms with Gasteiger partial charge >= 0.3 is 0 Å². The van der Waals surface area contributed by atoms with Crippen molar-refractivity contribution in [2.24, 2.45) is 0 Å². The molecule has 0 radical (unpaired) electrons. The lowest BCUT2D eigenvalue weighted by Crippen LogP contribution is -2.20. The highest BCUT2D eigenvalue weighted by molar-refractivity contribution is 7.89. The van der Waals surface area contributed by atoms with Crippen molar-refractivity contribution in [3.05, 3.63) is 42.5 Å². The quantitative estimate of drug-likeness (QED) is 0.664. The van der Waals surface area contributed by atoms with Gasteiger partial charge in [-0.15, -0.1) is 0 Å². The Bertz CT molecular complexity index is 1110. The lowest BCUT2D eigenvalue weighted by atomic mass is 10.2. The molecule has 0 saturated carbocycles. The minimum atomic E-state index is -3.94. The molecule has 0 unspecified atom stereocenters. The van der Waals surface area contributed by atoms with Gasteiger partial charge in [0.25, 0.3) is 0 Å². The maximum Gasteiger partial charge on any atom is 0.243 e. The number of hydrogen-bond donors (Lipinski definition) is 2. The number of ether oxygens (including phenoxy) is 2. The van der Waals surface area contributed by atoms with Gasteiger partial charge in [-0.1, -0.05) is 0 Å². The summed E-state index contributed by atoms with van der Waals surface area (Å²) in [6, 6.07) is 7.07. The van der Waals surface area contributed by atoms with Gasteiger partial charge in [0.1, 0.15) is 22.9 Å². The average Bonchev–Trinajstić information content (AvgIpc) is 2.68. The Morgan fingerprint density at radius 2 is 1.74 bits per heavy atom. The van der Waals surface area contributed by atoms with Gasteiger partial charge in [-0.2, -0.15) is 0 Å². The average molecular weight is 392 g/mol. The smallest absolute Gasteiger partial charge is 0.243 e. The van der Waals surface area contributed by atoms with E-state index in [4.69, 9.17) is 9.47 Å². The highest BCUT2D eigenvalue weighted by Crippen LogP contribution is 2.34. The van der Waals surface area contributed by atoms with E-state index < -0.39 is 20.7 Å². The maximum absolute atomic E-state index is 13.9. The molecule has 1 heterocycles. The monoisotopic (exact) mass is 392 g/mol. The number of methoxy groups -OCH3 is 2. The van der Waals surface area contributed by atoms with Crippen molar-refractivity contribution in [2.45, 2.75) is 4.90 Å². The third kappa shape index (κ3) is 3.62. The van der Waals surface area contributed by atoms with Crippen molar-refractivity contribution in [3.8, 4) is 11.5 Å². The SMILES string of the molecule is CNS(=O)(=O)c1cc(Nc2ncnc3cc(OC)c(OC)cc23)ccc1F. The van der Waals surface area contributed by atoms with Crippen LogP contribution in [0.4, 0.5) is 15.9 Å². The van der Waals surface area contributed by atoms with E-state index in [2.05, 4.69) is 20.0 Å². The van der Waals surface area contributed by atoms with Crippen LogP contribution < -0.4 is 19.5 Å². The van der Waals surface area contributed by atoms with Crippen molar-refractivity contribution in [2.75, 3.05) is 26.6 Å². The van der Waals surface area contributed by atoms with E-state index in [1.807, 2.05) is 0 Å². The molecule has 0 aliphatic rings. The number of benzene rings is 2. The summed E-state index contributed by atoms with van der Waals surface area (Å²) in [7, 11) is 0.304. The van der Waals surface area contributed by atoms with Gasteiger partial charge in [-0.3, -0.25) is 0 Å². The van der Waals surface area contributed by atoms with E-state index >= 15 is 0 Å². The van der Waals surface area contributed by atoms with Crippen LogP contribution in [0.3, 0.4) is 0 Å². The zero-order valence-corrected chi connectivity index (χ0v) is 15.6. The zero-order valence-electron chi connectivity index (χ0n) is 14.8. The molecule has 8 nitrogen and oxygen atoms in total. The molecule has 0 spiro atoms. The Hall–Kier alpha value is -2.98. The minimum Gasteiger partial charge on any atom is -0.493 e. The van der Waals surface area contributed by atoms with Crippen LogP contribution in [0.5, 0.6) is 11.5 Å². The summed E-state index contributed by atoms with van der Waals surface area (Å²) in [5.41, 5.74) is 0.940. The van der Waals surface area contributed by atoms with Gasteiger partial charge in [0.05, 0.1) is 19.7 Å².